The minimum absolute atomic E-state index is 0.273. The third kappa shape index (κ3) is 4.35. The van der Waals surface area contributed by atoms with E-state index < -0.39 is 53.0 Å². The van der Waals surface area contributed by atoms with Crippen LogP contribution in [0.3, 0.4) is 0 Å². The highest BCUT2D eigenvalue weighted by molar-refractivity contribution is 5.94. The zero-order chi connectivity index (χ0) is 19.4. The largest absolute Gasteiger partial charge is 0.324 e. The van der Waals surface area contributed by atoms with Gasteiger partial charge in [-0.1, -0.05) is 0 Å². The number of hydrogen-bond acceptors (Lipinski definition) is 2. The van der Waals surface area contributed by atoms with Crippen LogP contribution >= 0.6 is 0 Å². The molecule has 0 heterocycles. The Bertz CT molecular complexity index is 857. The van der Waals surface area contributed by atoms with Gasteiger partial charge in [-0.3, -0.25) is 9.59 Å². The van der Waals surface area contributed by atoms with Gasteiger partial charge in [0.05, 0.1) is 11.4 Å². The molecule has 0 aliphatic rings. The Hall–Kier alpha value is -2.97. The molecule has 0 aliphatic carbocycles. The van der Waals surface area contributed by atoms with Gasteiger partial charge in [-0.2, -0.15) is 0 Å². The molecule has 0 spiro atoms. The van der Waals surface area contributed by atoms with Gasteiger partial charge in [-0.25, -0.2) is 22.0 Å². The Morgan fingerprint density at radius 3 is 2.27 bits per heavy atom. The number of benzene rings is 2. The van der Waals surface area contributed by atoms with Gasteiger partial charge in [0, 0.05) is 26.0 Å². The summed E-state index contributed by atoms with van der Waals surface area (Å²) in [6, 6.07) is 4.05. The summed E-state index contributed by atoms with van der Waals surface area (Å²) in [6.45, 7) is 0.685. The molecule has 4 nitrogen and oxygen atoms in total. The van der Waals surface area contributed by atoms with Gasteiger partial charge in [0.2, 0.25) is 11.8 Å². The van der Waals surface area contributed by atoms with E-state index in [4.69, 9.17) is 0 Å². The minimum Gasteiger partial charge on any atom is -0.324 e. The molecule has 0 radical (unpaired) electrons. The summed E-state index contributed by atoms with van der Waals surface area (Å²) >= 11 is 0. The maximum absolute atomic E-state index is 13.8. The molecule has 0 aromatic heterocycles. The van der Waals surface area contributed by atoms with Crippen LogP contribution in [0.2, 0.25) is 0 Å². The van der Waals surface area contributed by atoms with Crippen molar-refractivity contribution in [3.8, 4) is 0 Å². The number of amides is 2. The second kappa shape index (κ2) is 7.94. The van der Waals surface area contributed by atoms with E-state index in [0.29, 0.717) is 12.1 Å². The van der Waals surface area contributed by atoms with E-state index >= 15 is 0 Å². The van der Waals surface area contributed by atoms with Crippen molar-refractivity contribution >= 4 is 23.2 Å². The Labute approximate surface area is 145 Å². The maximum atomic E-state index is 13.8. The van der Waals surface area contributed by atoms with Crippen molar-refractivity contribution in [2.24, 2.45) is 0 Å². The van der Waals surface area contributed by atoms with Crippen LogP contribution in [0, 0.1) is 29.1 Å². The Morgan fingerprint density at radius 2 is 1.65 bits per heavy atom. The first kappa shape index (κ1) is 19.4. The summed E-state index contributed by atoms with van der Waals surface area (Å²) in [5.74, 6) is -8.00. The van der Waals surface area contributed by atoms with Crippen molar-refractivity contribution in [3.63, 3.8) is 0 Å². The third-order valence-electron chi connectivity index (χ3n) is 3.45. The van der Waals surface area contributed by atoms with Gasteiger partial charge in [0.15, 0.2) is 17.5 Å². The monoisotopic (exact) mass is 372 g/mol. The van der Waals surface area contributed by atoms with Crippen LogP contribution in [0.25, 0.3) is 0 Å². The van der Waals surface area contributed by atoms with E-state index in [-0.39, 0.29) is 12.2 Å². The zero-order valence-corrected chi connectivity index (χ0v) is 13.5. The van der Waals surface area contributed by atoms with E-state index in [1.54, 1.807) is 0 Å². The summed E-state index contributed by atoms with van der Waals surface area (Å²) in [5.41, 5.74) is -0.804. The first-order chi connectivity index (χ1) is 12.2. The van der Waals surface area contributed by atoms with Gasteiger partial charge in [-0.05, 0) is 24.3 Å². The van der Waals surface area contributed by atoms with Gasteiger partial charge >= 0.3 is 0 Å². The molecule has 0 bridgehead atoms. The molecule has 0 unspecified atom stereocenters. The van der Waals surface area contributed by atoms with Gasteiger partial charge in [-0.15, -0.1) is 0 Å². The van der Waals surface area contributed by atoms with Crippen molar-refractivity contribution < 1.29 is 31.5 Å². The van der Waals surface area contributed by atoms with Crippen molar-refractivity contribution in [1.29, 1.82) is 0 Å². The Balaban J connectivity index is 2.10. The molecule has 0 saturated heterocycles. The molecule has 0 atom stereocenters. The van der Waals surface area contributed by atoms with Crippen LogP contribution in [-0.4, -0.2) is 18.4 Å². The number of halogens is 5. The molecule has 2 aromatic rings. The number of nitrogens with zero attached hydrogens (tertiary/aromatic N) is 1. The normalized spacial score (nSPS) is 10.5. The van der Waals surface area contributed by atoms with Crippen molar-refractivity contribution in [2.45, 2.75) is 13.3 Å². The zero-order valence-electron chi connectivity index (χ0n) is 13.5. The van der Waals surface area contributed by atoms with Crippen molar-refractivity contribution in [3.05, 3.63) is 59.4 Å². The summed E-state index contributed by atoms with van der Waals surface area (Å²) in [5, 5.41) is 2.17. The second-order valence-electron chi connectivity index (χ2n) is 5.29. The lowest BCUT2D eigenvalue weighted by molar-refractivity contribution is -0.117. The van der Waals surface area contributed by atoms with E-state index in [9.17, 15) is 31.5 Å². The number of rotatable bonds is 5. The van der Waals surface area contributed by atoms with Crippen LogP contribution in [0.4, 0.5) is 33.3 Å². The van der Waals surface area contributed by atoms with Crippen LogP contribution in [0.1, 0.15) is 13.3 Å². The standard InChI is InChI=1S/C17H13F5N2O2/c1-9(25)24(14-5-3-11(19)16(21)17(14)22)7-6-15(26)23-13-4-2-10(18)8-12(13)20/h2-5,8H,6-7H2,1H3,(H,23,26). The van der Waals surface area contributed by atoms with E-state index in [1.165, 1.54) is 0 Å². The predicted molar refractivity (Wildman–Crippen MR) is 83.9 cm³/mol. The number of carbonyl (C=O) groups excluding carboxylic acids is 2. The third-order valence-corrected chi connectivity index (χ3v) is 3.45. The lowest BCUT2D eigenvalue weighted by atomic mass is 10.2. The fourth-order valence-electron chi connectivity index (χ4n) is 2.19. The number of nitrogens with one attached hydrogen (secondary N) is 1. The SMILES string of the molecule is CC(=O)N(CCC(=O)Nc1ccc(F)cc1F)c1ccc(F)c(F)c1F. The minimum atomic E-state index is -1.74. The van der Waals surface area contributed by atoms with Crippen LogP contribution in [0.5, 0.6) is 0 Å². The molecule has 2 rings (SSSR count). The number of hydrogen-bond donors (Lipinski definition) is 1. The second-order valence-corrected chi connectivity index (χ2v) is 5.29. The number of carbonyl (C=O) groups is 2. The molecule has 26 heavy (non-hydrogen) atoms. The van der Waals surface area contributed by atoms with Crippen LogP contribution in [-0.2, 0) is 9.59 Å². The molecular formula is C17H13F5N2O2. The number of anilines is 2. The average molecular weight is 372 g/mol. The molecule has 2 amide bonds. The van der Waals surface area contributed by atoms with Gasteiger partial charge in [0.1, 0.15) is 11.6 Å². The summed E-state index contributed by atoms with van der Waals surface area (Å²) < 4.78 is 66.5. The molecule has 0 aliphatic heterocycles. The van der Waals surface area contributed by atoms with Crippen molar-refractivity contribution in [2.75, 3.05) is 16.8 Å². The Morgan fingerprint density at radius 1 is 0.962 bits per heavy atom. The van der Waals surface area contributed by atoms with Gasteiger partial charge in [0.25, 0.3) is 0 Å². The maximum Gasteiger partial charge on any atom is 0.226 e. The smallest absolute Gasteiger partial charge is 0.226 e. The summed E-state index contributed by atoms with van der Waals surface area (Å²) in [6.07, 6.45) is -0.394. The fourth-order valence-corrected chi connectivity index (χ4v) is 2.19. The predicted octanol–water partition coefficient (Wildman–Crippen LogP) is 3.76. The summed E-state index contributed by atoms with van der Waals surface area (Å²) in [4.78, 5) is 24.3. The highest BCUT2D eigenvalue weighted by Gasteiger charge is 2.22. The van der Waals surface area contributed by atoms with E-state index in [0.717, 1.165) is 30.0 Å². The highest BCUT2D eigenvalue weighted by Crippen LogP contribution is 2.24. The molecular weight excluding hydrogens is 359 g/mol. The molecule has 9 heteroatoms. The average Bonchev–Trinajstić information content (AvgIpc) is 2.57. The summed E-state index contributed by atoms with van der Waals surface area (Å²) in [7, 11) is 0. The molecule has 0 saturated carbocycles. The first-order valence-electron chi connectivity index (χ1n) is 7.37. The first-order valence-corrected chi connectivity index (χ1v) is 7.37. The highest BCUT2D eigenvalue weighted by atomic mass is 19.2. The molecule has 138 valence electrons. The lowest BCUT2D eigenvalue weighted by Gasteiger charge is -2.21. The van der Waals surface area contributed by atoms with Gasteiger partial charge < -0.3 is 10.2 Å². The Kier molecular flexibility index (Phi) is 5.91. The molecule has 0 fully saturated rings. The van der Waals surface area contributed by atoms with E-state index in [1.807, 2.05) is 0 Å². The molecule has 1 N–H and O–H groups in total. The molecule has 2 aromatic carbocycles. The van der Waals surface area contributed by atoms with E-state index in [2.05, 4.69) is 5.32 Å². The topological polar surface area (TPSA) is 49.4 Å². The lowest BCUT2D eigenvalue weighted by Crippen LogP contribution is -2.33. The fraction of sp³-hybridized carbons (Fsp3) is 0.176. The quantitative estimate of drug-likeness (QED) is 0.642. The van der Waals surface area contributed by atoms with Crippen LogP contribution < -0.4 is 10.2 Å². The van der Waals surface area contributed by atoms with Crippen LogP contribution in [0.15, 0.2) is 30.3 Å². The van der Waals surface area contributed by atoms with Crippen molar-refractivity contribution in [1.82, 2.24) is 0 Å².